The molecule has 1 fully saturated rings. The van der Waals surface area contributed by atoms with Gasteiger partial charge in [0.2, 0.25) is 0 Å². The van der Waals surface area contributed by atoms with Crippen LogP contribution in [0.25, 0.3) is 0 Å². The Morgan fingerprint density at radius 3 is 2.61 bits per heavy atom. The molecular formula is C14H18BrFO2. The van der Waals surface area contributed by atoms with E-state index >= 15 is 0 Å². The van der Waals surface area contributed by atoms with E-state index in [0.29, 0.717) is 10.0 Å². The van der Waals surface area contributed by atoms with Crippen molar-refractivity contribution in [3.63, 3.8) is 0 Å². The highest BCUT2D eigenvalue weighted by Gasteiger charge is 2.41. The Kier molecular flexibility index (Phi) is 4.41. The Morgan fingerprint density at radius 1 is 1.33 bits per heavy atom. The number of methoxy groups -OCH3 is 1. The van der Waals surface area contributed by atoms with E-state index < -0.39 is 17.5 Å². The number of rotatable bonds is 3. The summed E-state index contributed by atoms with van der Waals surface area (Å²) in [6.07, 6.45) is 3.81. The highest BCUT2D eigenvalue weighted by molar-refractivity contribution is 9.10. The van der Waals surface area contributed by atoms with Crippen LogP contribution in [-0.4, -0.2) is 17.8 Å². The van der Waals surface area contributed by atoms with Gasteiger partial charge in [0.05, 0.1) is 10.1 Å². The molecule has 0 aliphatic heterocycles. The SMILES string of the molecule is COC1(C(O)c2cccc(Br)c2F)CCCCC1. The largest absolute Gasteiger partial charge is 0.385 e. The fraction of sp³-hybridized carbons (Fsp3) is 0.571. The van der Waals surface area contributed by atoms with Crippen LogP contribution in [0.3, 0.4) is 0 Å². The van der Waals surface area contributed by atoms with Gasteiger partial charge in [-0.2, -0.15) is 0 Å². The van der Waals surface area contributed by atoms with Crippen molar-refractivity contribution >= 4 is 15.9 Å². The molecule has 4 heteroatoms. The summed E-state index contributed by atoms with van der Waals surface area (Å²) in [5.74, 6) is -0.396. The summed E-state index contributed by atoms with van der Waals surface area (Å²) >= 11 is 3.15. The maximum atomic E-state index is 14.1. The fourth-order valence-corrected chi connectivity index (χ4v) is 3.14. The topological polar surface area (TPSA) is 29.5 Å². The lowest BCUT2D eigenvalue weighted by atomic mass is 9.78. The fourth-order valence-electron chi connectivity index (χ4n) is 2.75. The minimum Gasteiger partial charge on any atom is -0.385 e. The Labute approximate surface area is 115 Å². The molecule has 0 saturated heterocycles. The zero-order valence-electron chi connectivity index (χ0n) is 10.5. The highest BCUT2D eigenvalue weighted by Crippen LogP contribution is 2.42. The van der Waals surface area contributed by atoms with E-state index in [1.165, 1.54) is 0 Å². The molecule has 2 nitrogen and oxygen atoms in total. The predicted octanol–water partition coefficient (Wildman–Crippen LogP) is 3.97. The molecule has 1 saturated carbocycles. The van der Waals surface area contributed by atoms with Gasteiger partial charge in [-0.1, -0.05) is 31.4 Å². The minimum absolute atomic E-state index is 0.313. The molecule has 1 atom stereocenters. The van der Waals surface area contributed by atoms with Crippen LogP contribution >= 0.6 is 15.9 Å². The second-order valence-electron chi connectivity index (χ2n) is 4.88. The van der Waals surface area contributed by atoms with Crippen molar-refractivity contribution in [1.29, 1.82) is 0 Å². The summed E-state index contributed by atoms with van der Waals surface area (Å²) in [4.78, 5) is 0. The molecule has 18 heavy (non-hydrogen) atoms. The van der Waals surface area contributed by atoms with E-state index in [1.807, 2.05) is 0 Å². The summed E-state index contributed by atoms with van der Waals surface area (Å²) in [5, 5.41) is 10.5. The van der Waals surface area contributed by atoms with E-state index in [0.717, 1.165) is 32.1 Å². The van der Waals surface area contributed by atoms with Gasteiger partial charge in [-0.15, -0.1) is 0 Å². The van der Waals surface area contributed by atoms with Gasteiger partial charge in [0.1, 0.15) is 11.9 Å². The van der Waals surface area contributed by atoms with Crippen molar-refractivity contribution in [3.8, 4) is 0 Å². The van der Waals surface area contributed by atoms with Gasteiger partial charge in [0.25, 0.3) is 0 Å². The summed E-state index contributed by atoms with van der Waals surface area (Å²) < 4.78 is 20.0. The van der Waals surface area contributed by atoms with Crippen molar-refractivity contribution < 1.29 is 14.2 Å². The highest BCUT2D eigenvalue weighted by atomic mass is 79.9. The smallest absolute Gasteiger partial charge is 0.143 e. The van der Waals surface area contributed by atoms with Gasteiger partial charge >= 0.3 is 0 Å². The van der Waals surface area contributed by atoms with Gasteiger partial charge in [0.15, 0.2) is 0 Å². The average molecular weight is 317 g/mol. The Bertz CT molecular complexity index is 416. The van der Waals surface area contributed by atoms with Crippen LogP contribution in [0.4, 0.5) is 4.39 Å². The van der Waals surface area contributed by atoms with Crippen LogP contribution in [0.5, 0.6) is 0 Å². The van der Waals surface area contributed by atoms with Crippen LogP contribution in [0.2, 0.25) is 0 Å². The van der Waals surface area contributed by atoms with Crippen LogP contribution in [-0.2, 0) is 4.74 Å². The molecule has 0 amide bonds. The second-order valence-corrected chi connectivity index (χ2v) is 5.73. The lowest BCUT2D eigenvalue weighted by molar-refractivity contribution is -0.126. The van der Waals surface area contributed by atoms with Gasteiger partial charge in [-0.3, -0.25) is 0 Å². The van der Waals surface area contributed by atoms with Crippen LogP contribution < -0.4 is 0 Å². The normalized spacial score (nSPS) is 20.7. The number of aliphatic hydroxyl groups excluding tert-OH is 1. The van der Waals surface area contributed by atoms with Crippen LogP contribution in [0, 0.1) is 5.82 Å². The third-order valence-electron chi connectivity index (χ3n) is 3.88. The average Bonchev–Trinajstić information content (AvgIpc) is 2.42. The number of benzene rings is 1. The molecule has 0 aromatic heterocycles. The van der Waals surface area contributed by atoms with Crippen molar-refractivity contribution in [2.75, 3.05) is 7.11 Å². The standard InChI is InChI=1S/C14H18BrFO2/c1-18-14(8-3-2-4-9-14)13(17)10-6-5-7-11(15)12(10)16/h5-7,13,17H,2-4,8-9H2,1H3. The molecule has 0 heterocycles. The monoisotopic (exact) mass is 316 g/mol. The van der Waals surface area contributed by atoms with E-state index in [1.54, 1.807) is 25.3 Å². The summed E-state index contributed by atoms with van der Waals surface area (Å²) in [7, 11) is 1.60. The number of hydrogen-bond donors (Lipinski definition) is 1. The first kappa shape index (κ1) is 14.0. The van der Waals surface area contributed by atoms with Crippen molar-refractivity contribution in [3.05, 3.63) is 34.1 Å². The first-order valence-corrected chi connectivity index (χ1v) is 7.07. The first-order chi connectivity index (χ1) is 8.60. The predicted molar refractivity (Wildman–Crippen MR) is 71.9 cm³/mol. The quantitative estimate of drug-likeness (QED) is 0.914. The van der Waals surface area contributed by atoms with Crippen molar-refractivity contribution in [2.24, 2.45) is 0 Å². The van der Waals surface area contributed by atoms with E-state index in [-0.39, 0.29) is 0 Å². The van der Waals surface area contributed by atoms with Crippen LogP contribution in [0.15, 0.2) is 22.7 Å². The lowest BCUT2D eigenvalue weighted by Gasteiger charge is -2.40. The third-order valence-corrected chi connectivity index (χ3v) is 4.49. The molecule has 2 rings (SSSR count). The maximum absolute atomic E-state index is 14.1. The minimum atomic E-state index is -0.916. The first-order valence-electron chi connectivity index (χ1n) is 6.28. The molecule has 100 valence electrons. The van der Waals surface area contributed by atoms with E-state index in [2.05, 4.69) is 15.9 Å². The van der Waals surface area contributed by atoms with Crippen molar-refractivity contribution in [1.82, 2.24) is 0 Å². The summed E-state index contributed by atoms with van der Waals surface area (Å²) in [6, 6.07) is 4.99. The van der Waals surface area contributed by atoms with Gasteiger partial charge in [-0.05, 0) is 34.8 Å². The number of aliphatic hydroxyl groups is 1. The molecule has 1 aliphatic rings. The van der Waals surface area contributed by atoms with Gasteiger partial charge in [0, 0.05) is 12.7 Å². The van der Waals surface area contributed by atoms with E-state index in [9.17, 15) is 9.50 Å². The zero-order chi connectivity index (χ0) is 13.2. The van der Waals surface area contributed by atoms with Gasteiger partial charge in [-0.25, -0.2) is 4.39 Å². The molecule has 0 bridgehead atoms. The van der Waals surface area contributed by atoms with Crippen molar-refractivity contribution in [2.45, 2.75) is 43.8 Å². The summed E-state index contributed by atoms with van der Waals surface area (Å²) in [5.41, 5.74) is -0.326. The third kappa shape index (κ3) is 2.46. The molecule has 0 spiro atoms. The molecule has 1 aliphatic carbocycles. The van der Waals surface area contributed by atoms with E-state index in [4.69, 9.17) is 4.74 Å². The zero-order valence-corrected chi connectivity index (χ0v) is 12.0. The molecule has 1 N–H and O–H groups in total. The summed E-state index contributed by atoms with van der Waals surface area (Å²) in [6.45, 7) is 0. The Balaban J connectivity index is 2.33. The maximum Gasteiger partial charge on any atom is 0.143 e. The van der Waals surface area contributed by atoms with Gasteiger partial charge < -0.3 is 9.84 Å². The van der Waals surface area contributed by atoms with Crippen LogP contribution in [0.1, 0.15) is 43.8 Å². The second kappa shape index (κ2) is 5.68. The number of halogens is 2. The molecular weight excluding hydrogens is 299 g/mol. The number of ether oxygens (including phenoxy) is 1. The molecule has 0 radical (unpaired) electrons. The lowest BCUT2D eigenvalue weighted by Crippen LogP contribution is -2.40. The molecule has 1 aromatic carbocycles. The molecule has 1 aromatic rings. The Morgan fingerprint density at radius 2 is 2.00 bits per heavy atom. The Hall–Kier alpha value is -0.450. The molecule has 1 unspecified atom stereocenters. The number of hydrogen-bond acceptors (Lipinski definition) is 2.